The molecule has 6 rings (SSSR count). The number of hydrogen-bond acceptors (Lipinski definition) is 9. The van der Waals surface area contributed by atoms with Crippen LogP contribution in [0.15, 0.2) is 71.6 Å². The first-order valence-corrected chi connectivity index (χ1v) is 15.4. The molecule has 9 nitrogen and oxygen atoms in total. The van der Waals surface area contributed by atoms with E-state index in [2.05, 4.69) is 69.3 Å². The molecule has 2 aliphatic rings. The molecule has 0 aliphatic carbocycles. The van der Waals surface area contributed by atoms with Crippen molar-refractivity contribution < 1.29 is 9.13 Å². The summed E-state index contributed by atoms with van der Waals surface area (Å²) in [5.41, 5.74) is 3.64. The highest BCUT2D eigenvalue weighted by atomic mass is 79.9. The van der Waals surface area contributed by atoms with Crippen molar-refractivity contribution in [3.8, 4) is 17.0 Å². The van der Waals surface area contributed by atoms with Gasteiger partial charge in [0, 0.05) is 79.4 Å². The van der Waals surface area contributed by atoms with Gasteiger partial charge in [0.25, 0.3) is 0 Å². The number of aromatic nitrogens is 3. The Morgan fingerprint density at radius 1 is 0.884 bits per heavy atom. The van der Waals surface area contributed by atoms with Crippen molar-refractivity contribution in [3.05, 3.63) is 77.4 Å². The maximum atomic E-state index is 14.3. The Bertz CT molecular complexity index is 1560. The zero-order chi connectivity index (χ0) is 29.8. The average Bonchev–Trinajstić information content (AvgIpc) is 3.02. The summed E-state index contributed by atoms with van der Waals surface area (Å²) in [6.07, 6.45) is 5.45. The molecule has 2 aromatic carbocycles. The van der Waals surface area contributed by atoms with E-state index in [1.54, 1.807) is 37.6 Å². The van der Waals surface area contributed by atoms with Gasteiger partial charge in [-0.1, -0.05) is 12.1 Å². The lowest BCUT2D eigenvalue weighted by Crippen LogP contribution is -2.52. The van der Waals surface area contributed by atoms with E-state index >= 15 is 0 Å². The van der Waals surface area contributed by atoms with Crippen LogP contribution in [0.5, 0.6) is 5.75 Å². The number of nitrogens with one attached hydrogen (secondary N) is 2. The Hall–Kier alpha value is -3.80. The number of methoxy groups -OCH3 is 1. The zero-order valence-electron chi connectivity index (χ0n) is 24.4. The molecule has 11 heteroatoms. The second-order valence-corrected chi connectivity index (χ2v) is 11.9. The van der Waals surface area contributed by atoms with Gasteiger partial charge in [-0.25, -0.2) is 14.4 Å². The van der Waals surface area contributed by atoms with Crippen molar-refractivity contribution in [2.45, 2.75) is 18.9 Å². The van der Waals surface area contributed by atoms with Gasteiger partial charge in [-0.2, -0.15) is 0 Å². The van der Waals surface area contributed by atoms with Gasteiger partial charge >= 0.3 is 0 Å². The number of ether oxygens (including phenoxy) is 1. The van der Waals surface area contributed by atoms with Crippen LogP contribution in [-0.2, 0) is 0 Å². The fraction of sp³-hybridized carbons (Fsp3) is 0.344. The second kappa shape index (κ2) is 13.2. The van der Waals surface area contributed by atoms with E-state index in [0.717, 1.165) is 79.4 Å². The molecule has 0 bridgehead atoms. The summed E-state index contributed by atoms with van der Waals surface area (Å²) in [5.74, 6) is 1.60. The number of rotatable bonds is 8. The quantitative estimate of drug-likeness (QED) is 0.234. The topological polar surface area (TPSA) is 81.7 Å². The summed E-state index contributed by atoms with van der Waals surface area (Å²) in [5, 5.41) is 6.66. The third-order valence-corrected chi connectivity index (χ3v) is 8.88. The van der Waals surface area contributed by atoms with E-state index in [4.69, 9.17) is 4.74 Å². The monoisotopic (exact) mass is 646 g/mol. The first kappa shape index (κ1) is 29.3. The van der Waals surface area contributed by atoms with Gasteiger partial charge in [-0.05, 0) is 66.2 Å². The van der Waals surface area contributed by atoms with E-state index < -0.39 is 0 Å². The molecule has 224 valence electrons. The maximum Gasteiger partial charge on any atom is 0.144 e. The summed E-state index contributed by atoms with van der Waals surface area (Å²) in [7, 11) is 3.89. The Kier molecular flexibility index (Phi) is 9.01. The smallest absolute Gasteiger partial charge is 0.144 e. The number of likely N-dealkylation sites (N-methyl/N-ethyl adjacent to an activating group) is 1. The molecule has 2 aliphatic heterocycles. The van der Waals surface area contributed by atoms with Crippen LogP contribution in [0.1, 0.15) is 12.8 Å². The maximum absolute atomic E-state index is 14.3. The van der Waals surface area contributed by atoms with Crippen LogP contribution in [0.2, 0.25) is 0 Å². The minimum atomic E-state index is -0.318. The molecule has 2 fully saturated rings. The van der Waals surface area contributed by atoms with Crippen LogP contribution in [0.25, 0.3) is 11.3 Å². The fourth-order valence-electron chi connectivity index (χ4n) is 5.81. The Morgan fingerprint density at radius 2 is 1.63 bits per heavy atom. The summed E-state index contributed by atoms with van der Waals surface area (Å²) in [6.45, 7) is 6.66. The second-order valence-electron chi connectivity index (χ2n) is 11.0. The highest BCUT2D eigenvalue weighted by Gasteiger charge is 2.28. The van der Waals surface area contributed by atoms with Crippen molar-refractivity contribution in [1.82, 2.24) is 24.8 Å². The SMILES string of the molecule is COc1cc(N2CCC(N3CCN(C)CC3)CC2)c(Br)cc1Nc1cc(Nc2ccnc(-c3ccccc3F)c2)ncn1. The van der Waals surface area contributed by atoms with Crippen molar-refractivity contribution in [3.63, 3.8) is 0 Å². The third-order valence-electron chi connectivity index (χ3n) is 8.24. The molecule has 0 amide bonds. The number of pyridine rings is 1. The number of nitrogens with zero attached hydrogens (tertiary/aromatic N) is 6. The fourth-order valence-corrected chi connectivity index (χ4v) is 6.41. The van der Waals surface area contributed by atoms with Crippen molar-refractivity contribution in [2.75, 3.05) is 69.0 Å². The van der Waals surface area contributed by atoms with Crippen LogP contribution < -0.4 is 20.3 Å². The largest absolute Gasteiger partial charge is 0.494 e. The zero-order valence-corrected chi connectivity index (χ0v) is 26.0. The van der Waals surface area contributed by atoms with E-state index in [1.807, 2.05) is 18.2 Å². The predicted octanol–water partition coefficient (Wildman–Crippen LogP) is 6.15. The van der Waals surface area contributed by atoms with Crippen molar-refractivity contribution in [1.29, 1.82) is 0 Å². The van der Waals surface area contributed by atoms with Crippen LogP contribution in [0.4, 0.5) is 33.1 Å². The molecule has 2 N–H and O–H groups in total. The molecular weight excluding hydrogens is 611 g/mol. The van der Waals surface area contributed by atoms with Crippen molar-refractivity contribution >= 4 is 44.6 Å². The van der Waals surface area contributed by atoms with Crippen molar-refractivity contribution in [2.24, 2.45) is 0 Å². The molecular formula is C32H36BrFN8O. The summed E-state index contributed by atoms with van der Waals surface area (Å²) < 4.78 is 21.1. The molecule has 0 atom stereocenters. The summed E-state index contributed by atoms with van der Waals surface area (Å²) in [4.78, 5) is 20.6. The van der Waals surface area contributed by atoms with Crippen LogP contribution in [0.3, 0.4) is 0 Å². The molecule has 4 aromatic rings. The Labute approximate surface area is 260 Å². The average molecular weight is 648 g/mol. The lowest BCUT2D eigenvalue weighted by atomic mass is 10.0. The molecule has 43 heavy (non-hydrogen) atoms. The molecule has 4 heterocycles. The first-order valence-electron chi connectivity index (χ1n) is 14.6. The third kappa shape index (κ3) is 6.90. The molecule has 0 radical (unpaired) electrons. The normalized spacial score (nSPS) is 16.7. The van der Waals surface area contributed by atoms with E-state index in [1.165, 1.54) is 12.4 Å². The number of piperazine rings is 1. The van der Waals surface area contributed by atoms with Gasteiger partial charge in [0.1, 0.15) is 29.5 Å². The Balaban J connectivity index is 1.13. The number of anilines is 5. The minimum Gasteiger partial charge on any atom is -0.494 e. The van der Waals surface area contributed by atoms with Gasteiger partial charge < -0.3 is 25.2 Å². The minimum absolute atomic E-state index is 0.318. The molecule has 0 saturated carbocycles. The number of halogens is 2. The summed E-state index contributed by atoms with van der Waals surface area (Å²) in [6, 6.07) is 16.8. The van der Waals surface area contributed by atoms with Crippen LogP contribution in [0, 0.1) is 5.82 Å². The standard InChI is InChI=1S/C32H36BrFN8O/c1-40-13-15-41(16-14-40)23-8-11-42(12-9-23)29-19-30(43-2)28(18-25(29)33)39-32-20-31(36-21-37-32)38-22-7-10-35-27(17-22)24-5-3-4-6-26(24)34/h3-7,10,17-21,23H,8-9,11-16H2,1-2H3,(H2,35,36,37,38,39). The molecule has 0 unspecified atom stereocenters. The summed E-state index contributed by atoms with van der Waals surface area (Å²) >= 11 is 3.82. The van der Waals surface area contributed by atoms with E-state index in [9.17, 15) is 4.39 Å². The van der Waals surface area contributed by atoms with Gasteiger partial charge in [-0.15, -0.1) is 0 Å². The highest BCUT2D eigenvalue weighted by Crippen LogP contribution is 2.39. The first-order chi connectivity index (χ1) is 21.0. The van der Waals surface area contributed by atoms with Gasteiger partial charge in [-0.3, -0.25) is 9.88 Å². The van der Waals surface area contributed by atoms with Gasteiger partial charge in [0.2, 0.25) is 0 Å². The molecule has 2 saturated heterocycles. The molecule has 2 aromatic heterocycles. The number of piperidine rings is 1. The van der Waals surface area contributed by atoms with Gasteiger partial charge in [0.05, 0.1) is 24.2 Å². The highest BCUT2D eigenvalue weighted by molar-refractivity contribution is 9.10. The van der Waals surface area contributed by atoms with Gasteiger partial charge in [0.15, 0.2) is 0 Å². The lowest BCUT2D eigenvalue weighted by Gasteiger charge is -2.42. The lowest BCUT2D eigenvalue weighted by molar-refractivity contribution is 0.0982. The van der Waals surface area contributed by atoms with Crippen LogP contribution >= 0.6 is 15.9 Å². The van der Waals surface area contributed by atoms with E-state index in [-0.39, 0.29) is 5.82 Å². The van der Waals surface area contributed by atoms with E-state index in [0.29, 0.717) is 28.9 Å². The molecule has 0 spiro atoms. The number of hydrogen-bond donors (Lipinski definition) is 2. The number of benzene rings is 2. The van der Waals surface area contributed by atoms with Crippen LogP contribution in [-0.4, -0.2) is 84.2 Å². The Morgan fingerprint density at radius 3 is 2.37 bits per heavy atom. The predicted molar refractivity (Wildman–Crippen MR) is 173 cm³/mol.